The zero-order chi connectivity index (χ0) is 13.1. The monoisotopic (exact) mass is 395 g/mol. The Balaban J connectivity index is 2.43. The van der Waals surface area contributed by atoms with E-state index < -0.39 is 0 Å². The molecule has 3 nitrogen and oxygen atoms in total. The Morgan fingerprint density at radius 3 is 2.89 bits per heavy atom. The van der Waals surface area contributed by atoms with Crippen molar-refractivity contribution in [1.82, 2.24) is 15.1 Å². The van der Waals surface area contributed by atoms with Gasteiger partial charge in [-0.05, 0) is 53.1 Å². The molecule has 1 N–H and O–H groups in total. The number of rotatable bonds is 5. The summed E-state index contributed by atoms with van der Waals surface area (Å²) in [5.74, 6) is 0. The van der Waals surface area contributed by atoms with Gasteiger partial charge in [-0.25, -0.2) is 0 Å². The molecule has 0 saturated carbocycles. The van der Waals surface area contributed by atoms with Gasteiger partial charge in [-0.2, -0.15) is 5.10 Å². The molecule has 0 bridgehead atoms. The van der Waals surface area contributed by atoms with Gasteiger partial charge in [-0.3, -0.25) is 4.68 Å². The van der Waals surface area contributed by atoms with Crippen LogP contribution in [0.1, 0.15) is 31.1 Å². The first kappa shape index (κ1) is 14.3. The average Bonchev–Trinajstić information content (AvgIpc) is 2.93. The number of hydrogen-bond donors (Lipinski definition) is 1. The van der Waals surface area contributed by atoms with Crippen LogP contribution in [0.5, 0.6) is 0 Å². The van der Waals surface area contributed by atoms with E-state index in [2.05, 4.69) is 58.3 Å². The lowest BCUT2D eigenvalue weighted by atomic mass is 10.1. The van der Waals surface area contributed by atoms with E-state index in [9.17, 15) is 0 Å². The van der Waals surface area contributed by atoms with Gasteiger partial charge in [0.15, 0.2) is 0 Å². The van der Waals surface area contributed by atoms with Crippen LogP contribution in [0.2, 0.25) is 5.02 Å². The summed E-state index contributed by atoms with van der Waals surface area (Å²) in [7, 11) is 0. The highest BCUT2D eigenvalue weighted by molar-refractivity contribution is 14.1. The average molecular weight is 396 g/mol. The molecule has 0 aliphatic heterocycles. The van der Waals surface area contributed by atoms with Crippen LogP contribution in [0.4, 0.5) is 0 Å². The van der Waals surface area contributed by atoms with Gasteiger partial charge in [-0.1, -0.05) is 18.5 Å². The van der Waals surface area contributed by atoms with E-state index in [4.69, 9.17) is 11.6 Å². The normalized spacial score (nSPS) is 12.9. The molecular formula is C12H15ClIN3S. The van der Waals surface area contributed by atoms with Gasteiger partial charge in [0.1, 0.15) is 0 Å². The number of nitrogens with zero attached hydrogens (tertiary/aromatic N) is 2. The third-order valence-corrected chi connectivity index (χ3v) is 4.83. The van der Waals surface area contributed by atoms with Gasteiger partial charge in [0, 0.05) is 6.54 Å². The first-order chi connectivity index (χ1) is 8.67. The largest absolute Gasteiger partial charge is 0.305 e. The maximum Gasteiger partial charge on any atom is 0.0837 e. The van der Waals surface area contributed by atoms with E-state index in [1.54, 1.807) is 17.5 Å². The fraction of sp³-hybridized carbons (Fsp3) is 0.417. The zero-order valence-corrected chi connectivity index (χ0v) is 14.0. The van der Waals surface area contributed by atoms with Gasteiger partial charge in [0.2, 0.25) is 0 Å². The number of aromatic nitrogens is 2. The molecule has 0 aromatic carbocycles. The minimum atomic E-state index is 0.115. The lowest BCUT2D eigenvalue weighted by Crippen LogP contribution is -2.24. The third-order valence-electron chi connectivity index (χ3n) is 2.74. The van der Waals surface area contributed by atoms with Crippen LogP contribution < -0.4 is 5.32 Å². The standard InChI is InChI=1S/C12H15ClIN3S/c1-3-15-11(8-5-10(14)18-7-8)12-9(13)6-16-17(12)4-2/h5-7,11,15H,3-4H2,1-2H3. The molecule has 0 amide bonds. The lowest BCUT2D eigenvalue weighted by molar-refractivity contribution is 0.543. The predicted molar refractivity (Wildman–Crippen MR) is 85.5 cm³/mol. The molecule has 1 unspecified atom stereocenters. The highest BCUT2D eigenvalue weighted by Gasteiger charge is 2.21. The van der Waals surface area contributed by atoms with Crippen LogP contribution in [0, 0.1) is 2.88 Å². The predicted octanol–water partition coefficient (Wildman–Crippen LogP) is 3.92. The summed E-state index contributed by atoms with van der Waals surface area (Å²) in [5.41, 5.74) is 2.30. The molecule has 0 saturated heterocycles. The van der Waals surface area contributed by atoms with Crippen LogP contribution >= 0.6 is 45.5 Å². The Labute approximate surface area is 130 Å². The topological polar surface area (TPSA) is 29.9 Å². The molecule has 0 fully saturated rings. The molecule has 2 heterocycles. The van der Waals surface area contributed by atoms with Crippen molar-refractivity contribution < 1.29 is 0 Å². The molecule has 0 spiro atoms. The molecule has 0 aliphatic rings. The second-order valence-electron chi connectivity index (χ2n) is 3.87. The van der Waals surface area contributed by atoms with Crippen LogP contribution in [-0.2, 0) is 6.54 Å². The molecule has 6 heteroatoms. The highest BCUT2D eigenvalue weighted by atomic mass is 127. The van der Waals surface area contributed by atoms with E-state index in [1.807, 2.05) is 4.68 Å². The van der Waals surface area contributed by atoms with Crippen molar-refractivity contribution in [3.05, 3.63) is 36.8 Å². The minimum absolute atomic E-state index is 0.115. The van der Waals surface area contributed by atoms with Gasteiger partial charge in [-0.15, -0.1) is 11.3 Å². The van der Waals surface area contributed by atoms with Crippen LogP contribution in [-0.4, -0.2) is 16.3 Å². The smallest absolute Gasteiger partial charge is 0.0837 e. The third kappa shape index (κ3) is 2.89. The van der Waals surface area contributed by atoms with Gasteiger partial charge < -0.3 is 5.32 Å². The van der Waals surface area contributed by atoms with Crippen molar-refractivity contribution in [1.29, 1.82) is 0 Å². The molecule has 98 valence electrons. The summed E-state index contributed by atoms with van der Waals surface area (Å²) in [4.78, 5) is 0. The summed E-state index contributed by atoms with van der Waals surface area (Å²) in [5, 5.41) is 10.7. The first-order valence-corrected chi connectivity index (χ1v) is 8.19. The molecule has 1 atom stereocenters. The summed E-state index contributed by atoms with van der Waals surface area (Å²) < 4.78 is 3.24. The Morgan fingerprint density at radius 2 is 2.33 bits per heavy atom. The van der Waals surface area contributed by atoms with Crippen molar-refractivity contribution in [2.24, 2.45) is 0 Å². The second-order valence-corrected chi connectivity index (χ2v) is 7.08. The lowest BCUT2D eigenvalue weighted by Gasteiger charge is -2.18. The van der Waals surface area contributed by atoms with Crippen molar-refractivity contribution in [3.63, 3.8) is 0 Å². The molecule has 18 heavy (non-hydrogen) atoms. The van der Waals surface area contributed by atoms with Crippen LogP contribution in [0.25, 0.3) is 0 Å². The summed E-state index contributed by atoms with van der Waals surface area (Å²) >= 11 is 10.4. The second kappa shape index (κ2) is 6.36. The van der Waals surface area contributed by atoms with Crippen molar-refractivity contribution >= 4 is 45.5 Å². The Kier molecular flexibility index (Phi) is 5.06. The molecular weight excluding hydrogens is 381 g/mol. The highest BCUT2D eigenvalue weighted by Crippen LogP contribution is 2.31. The summed E-state index contributed by atoms with van der Waals surface area (Å²) in [6.07, 6.45) is 1.72. The Morgan fingerprint density at radius 1 is 1.56 bits per heavy atom. The number of thiophene rings is 1. The number of halogens is 2. The number of hydrogen-bond acceptors (Lipinski definition) is 3. The number of nitrogens with one attached hydrogen (secondary N) is 1. The van der Waals surface area contributed by atoms with Crippen molar-refractivity contribution in [3.8, 4) is 0 Å². The van der Waals surface area contributed by atoms with Gasteiger partial charge in [0.25, 0.3) is 0 Å². The Bertz CT molecular complexity index is 523. The number of aryl methyl sites for hydroxylation is 1. The van der Waals surface area contributed by atoms with Crippen molar-refractivity contribution in [2.75, 3.05) is 6.54 Å². The van der Waals surface area contributed by atoms with E-state index in [0.717, 1.165) is 23.8 Å². The minimum Gasteiger partial charge on any atom is -0.305 e. The van der Waals surface area contributed by atoms with Crippen LogP contribution in [0.15, 0.2) is 17.6 Å². The first-order valence-electron chi connectivity index (χ1n) is 5.85. The summed E-state index contributed by atoms with van der Waals surface area (Å²) in [6.45, 7) is 5.89. The Hall–Kier alpha value is -0.110. The SMILES string of the molecule is CCNC(c1csc(I)c1)c1c(Cl)cnn1CC. The van der Waals surface area contributed by atoms with E-state index in [-0.39, 0.29) is 6.04 Å². The molecule has 2 aromatic rings. The molecule has 2 aromatic heterocycles. The van der Waals surface area contributed by atoms with E-state index >= 15 is 0 Å². The maximum absolute atomic E-state index is 6.29. The quantitative estimate of drug-likeness (QED) is 0.778. The fourth-order valence-corrected chi connectivity index (χ4v) is 3.61. The fourth-order valence-electron chi connectivity index (χ4n) is 1.96. The maximum atomic E-state index is 6.29. The van der Waals surface area contributed by atoms with E-state index in [0.29, 0.717) is 0 Å². The van der Waals surface area contributed by atoms with Crippen molar-refractivity contribution in [2.45, 2.75) is 26.4 Å². The zero-order valence-electron chi connectivity index (χ0n) is 10.3. The molecule has 2 rings (SSSR count). The molecule has 0 aliphatic carbocycles. The van der Waals surface area contributed by atoms with Crippen LogP contribution in [0.3, 0.4) is 0 Å². The molecule has 0 radical (unpaired) electrons. The van der Waals surface area contributed by atoms with Gasteiger partial charge >= 0.3 is 0 Å². The van der Waals surface area contributed by atoms with Gasteiger partial charge in [0.05, 0.1) is 25.8 Å². The summed E-state index contributed by atoms with van der Waals surface area (Å²) in [6, 6.07) is 2.31. The van der Waals surface area contributed by atoms with E-state index in [1.165, 1.54) is 8.45 Å².